The van der Waals surface area contributed by atoms with E-state index >= 15 is 4.39 Å². The summed E-state index contributed by atoms with van der Waals surface area (Å²) in [5, 5.41) is 18.9. The molecule has 4 atom stereocenters. The number of likely N-dealkylation sites (tertiary alicyclic amines) is 1. The Morgan fingerprint density at radius 2 is 1.62 bits per heavy atom. The van der Waals surface area contributed by atoms with E-state index in [0.29, 0.717) is 71.7 Å². The lowest BCUT2D eigenvalue weighted by Crippen LogP contribution is -2.52. The minimum atomic E-state index is -0.613. The molecule has 14 nitrogen and oxygen atoms in total. The van der Waals surface area contributed by atoms with Crippen LogP contribution in [0.5, 0.6) is 11.8 Å². The maximum Gasteiger partial charge on any atom is 0.319 e. The number of benzene rings is 3. The van der Waals surface area contributed by atoms with Crippen LogP contribution in [0.15, 0.2) is 48.7 Å². The predicted molar refractivity (Wildman–Crippen MR) is 248 cm³/mol. The second-order valence-corrected chi connectivity index (χ2v) is 19.9. The molecule has 4 unspecified atom stereocenters. The minimum Gasteiger partial charge on any atom is -0.505 e. The summed E-state index contributed by atoms with van der Waals surface area (Å²) in [6.07, 6.45) is 10.6. The molecule has 3 N–H and O–H groups in total. The number of aromatic nitrogens is 3. The van der Waals surface area contributed by atoms with E-state index in [4.69, 9.17) is 19.7 Å². The van der Waals surface area contributed by atoms with Crippen molar-refractivity contribution in [1.29, 1.82) is 0 Å². The molecule has 2 bridgehead atoms. The van der Waals surface area contributed by atoms with Crippen molar-refractivity contribution in [2.75, 3.05) is 62.2 Å². The van der Waals surface area contributed by atoms with Crippen LogP contribution in [-0.4, -0.2) is 118 Å². The van der Waals surface area contributed by atoms with Crippen LogP contribution in [0.1, 0.15) is 97.7 Å². The molecule has 3 amide bonds. The topological polar surface area (TPSA) is 156 Å². The maximum atomic E-state index is 15.2. The number of amides is 3. The molecule has 2 aromatic heterocycles. The van der Waals surface area contributed by atoms with Crippen molar-refractivity contribution in [2.24, 2.45) is 11.8 Å². The number of phenolic OH excluding ortho intramolecular Hbond substituents is 1. The van der Waals surface area contributed by atoms with E-state index in [9.17, 15) is 19.5 Å². The van der Waals surface area contributed by atoms with Crippen molar-refractivity contribution in [2.45, 2.75) is 95.3 Å². The van der Waals surface area contributed by atoms with Crippen LogP contribution in [0.3, 0.4) is 0 Å². The van der Waals surface area contributed by atoms with E-state index in [1.165, 1.54) is 12.5 Å². The van der Waals surface area contributed by atoms with Crippen molar-refractivity contribution in [3.63, 3.8) is 0 Å². The number of pyridine rings is 1. The van der Waals surface area contributed by atoms with Gasteiger partial charge < -0.3 is 29.9 Å². The summed E-state index contributed by atoms with van der Waals surface area (Å²) < 4.78 is 21.7. The average Bonchev–Trinajstić information content (AvgIpc) is 3.85. The van der Waals surface area contributed by atoms with Gasteiger partial charge in [0.15, 0.2) is 11.6 Å². The quantitative estimate of drug-likeness (QED) is 0.143. The highest BCUT2D eigenvalue weighted by molar-refractivity contribution is 6.07. The van der Waals surface area contributed by atoms with Crippen LogP contribution < -0.4 is 25.2 Å². The fraction of sp³-hybridized carbons (Fsp3) is 0.490. The Hall–Kier alpha value is -5.93. The van der Waals surface area contributed by atoms with E-state index in [0.717, 1.165) is 129 Å². The number of ether oxygens (including phenoxy) is 1. The normalized spacial score (nSPS) is 24.6. The fourth-order valence-electron chi connectivity index (χ4n) is 12.6. The zero-order valence-electron chi connectivity index (χ0n) is 37.4. The van der Waals surface area contributed by atoms with Gasteiger partial charge in [0.05, 0.1) is 16.6 Å². The number of fused-ring (bicyclic) bond motifs is 7. The number of nitrogens with zero attached hydrogens (tertiary/aromatic N) is 7. The molecule has 0 saturated carbocycles. The monoisotopic (exact) mass is 893 g/mol. The Bertz CT molecular complexity index is 2790. The summed E-state index contributed by atoms with van der Waals surface area (Å²) in [4.78, 5) is 62.0. The number of carbonyl (C=O) groups excluding carboxylic acids is 3. The highest BCUT2D eigenvalue weighted by Gasteiger charge is 2.41. The Morgan fingerprint density at radius 3 is 2.39 bits per heavy atom. The molecule has 7 aliphatic rings. The third-order valence-electron chi connectivity index (χ3n) is 16.0. The molecule has 0 radical (unpaired) electrons. The number of nitrogens with one attached hydrogen (secondary N) is 2. The summed E-state index contributed by atoms with van der Waals surface area (Å²) >= 11 is 0. The van der Waals surface area contributed by atoms with Crippen molar-refractivity contribution in [3.8, 4) is 23.0 Å². The lowest BCUT2D eigenvalue weighted by Gasteiger charge is -2.38. The Balaban J connectivity index is 0.693. The van der Waals surface area contributed by atoms with Crippen LogP contribution in [0.4, 0.5) is 15.9 Å². The summed E-state index contributed by atoms with van der Waals surface area (Å²) in [5.74, 6) is 0.296. The summed E-state index contributed by atoms with van der Waals surface area (Å²) in [5.41, 5.74) is 6.89. The molecule has 66 heavy (non-hydrogen) atoms. The minimum absolute atomic E-state index is 0.123. The van der Waals surface area contributed by atoms with Gasteiger partial charge in [-0.3, -0.25) is 29.6 Å². The molecule has 5 aromatic rings. The molecular formula is C51H56FN9O5. The number of carbonyl (C=O) groups is 3. The molecule has 5 saturated heterocycles. The Morgan fingerprint density at radius 1 is 0.864 bits per heavy atom. The summed E-state index contributed by atoms with van der Waals surface area (Å²) in [7, 11) is 0. The van der Waals surface area contributed by atoms with Gasteiger partial charge in [0, 0.05) is 103 Å². The number of aromatic hydroxyl groups is 1. The van der Waals surface area contributed by atoms with E-state index in [2.05, 4.69) is 38.3 Å². The van der Waals surface area contributed by atoms with Gasteiger partial charge in [-0.25, -0.2) is 4.39 Å². The molecule has 1 aliphatic carbocycles. The SMILES string of the molecule is CC1c2c(ncc3c(N4CC5CCC(C4)N5)nc(OCCN4CCC(CC5CCN(c6cccc7c6CN(C6CCC(=O)NC6=O)C7=O)CC5)CC4)nc23)-c2cc(O)c(F)c3cccc1c23. The number of piperazine rings is 1. The number of piperidine rings is 3. The van der Waals surface area contributed by atoms with Crippen LogP contribution >= 0.6 is 0 Å². The van der Waals surface area contributed by atoms with Gasteiger partial charge in [-0.1, -0.05) is 31.2 Å². The van der Waals surface area contributed by atoms with Crippen LogP contribution in [0, 0.1) is 17.7 Å². The lowest BCUT2D eigenvalue weighted by molar-refractivity contribution is -0.136. The molecule has 342 valence electrons. The predicted octanol–water partition coefficient (Wildman–Crippen LogP) is 6.25. The van der Waals surface area contributed by atoms with Crippen molar-refractivity contribution >= 4 is 50.9 Å². The van der Waals surface area contributed by atoms with E-state index < -0.39 is 11.9 Å². The molecule has 0 spiro atoms. The zero-order chi connectivity index (χ0) is 44.8. The lowest BCUT2D eigenvalue weighted by atomic mass is 9.79. The fourth-order valence-corrected chi connectivity index (χ4v) is 12.6. The van der Waals surface area contributed by atoms with Gasteiger partial charge in [-0.15, -0.1) is 0 Å². The second-order valence-electron chi connectivity index (χ2n) is 19.9. The van der Waals surface area contributed by atoms with Crippen LogP contribution in [0.25, 0.3) is 32.9 Å². The highest BCUT2D eigenvalue weighted by Crippen LogP contribution is 2.49. The van der Waals surface area contributed by atoms with Crippen molar-refractivity contribution in [3.05, 3.63) is 76.7 Å². The van der Waals surface area contributed by atoms with Crippen LogP contribution in [0.2, 0.25) is 0 Å². The van der Waals surface area contributed by atoms with Gasteiger partial charge in [0.25, 0.3) is 5.91 Å². The van der Waals surface area contributed by atoms with Gasteiger partial charge >= 0.3 is 6.01 Å². The first kappa shape index (κ1) is 41.5. The number of phenols is 1. The van der Waals surface area contributed by atoms with Gasteiger partial charge in [-0.2, -0.15) is 9.97 Å². The molecule has 15 heteroatoms. The number of halogens is 1. The molecule has 5 fully saturated rings. The number of rotatable bonds is 9. The van der Waals surface area contributed by atoms with Gasteiger partial charge in [0.1, 0.15) is 18.5 Å². The Kier molecular flexibility index (Phi) is 10.3. The average molecular weight is 894 g/mol. The third kappa shape index (κ3) is 7.11. The first-order valence-corrected chi connectivity index (χ1v) is 24.2. The van der Waals surface area contributed by atoms with Gasteiger partial charge in [-0.05, 0) is 105 Å². The first-order chi connectivity index (χ1) is 32.1. The molecule has 8 heterocycles. The zero-order valence-corrected chi connectivity index (χ0v) is 37.4. The van der Waals surface area contributed by atoms with Crippen molar-refractivity contribution < 1.29 is 28.6 Å². The van der Waals surface area contributed by atoms with Crippen molar-refractivity contribution in [1.82, 2.24) is 35.4 Å². The molecule has 6 aliphatic heterocycles. The number of imide groups is 1. The standard InChI is InChI=1S/C51H56FN9O5/c1-28-33-4-2-6-35-44(33)36(23-41(62)45(35)52)46-43(28)47-37(24-53-46)48(60-25-31-8-9-32(26-60)54-31)57-51(56-47)66-21-20-58-16-12-29(13-17-58)22-30-14-18-59(19-15-30)39-7-3-5-34-38(39)27-61(50(34)65)40-10-11-42(63)55-49(40)64/h2-7,23-24,28-32,40,54,62H,8-22,25-27H2,1H3,(H,55,63,64). The highest BCUT2D eigenvalue weighted by atomic mass is 19.1. The van der Waals surface area contributed by atoms with Crippen LogP contribution in [-0.2, 0) is 16.1 Å². The van der Waals surface area contributed by atoms with E-state index in [1.54, 1.807) is 11.0 Å². The number of anilines is 2. The number of hydrogen-bond donors (Lipinski definition) is 3. The Labute approximate surface area is 382 Å². The number of hydrogen-bond acceptors (Lipinski definition) is 12. The largest absolute Gasteiger partial charge is 0.505 e. The molecule has 3 aromatic carbocycles. The third-order valence-corrected chi connectivity index (χ3v) is 16.0. The first-order valence-electron chi connectivity index (χ1n) is 24.2. The summed E-state index contributed by atoms with van der Waals surface area (Å²) in [6.45, 7) is 9.44. The van der Waals surface area contributed by atoms with E-state index in [-0.39, 0.29) is 35.8 Å². The van der Waals surface area contributed by atoms with Gasteiger partial charge in [0.2, 0.25) is 11.8 Å². The second kappa shape index (κ2) is 16.4. The summed E-state index contributed by atoms with van der Waals surface area (Å²) in [6, 6.07) is 13.6. The van der Waals surface area contributed by atoms with E-state index in [1.807, 2.05) is 30.5 Å². The molecular weight excluding hydrogens is 838 g/mol. The maximum absolute atomic E-state index is 15.2. The molecule has 12 rings (SSSR count). The smallest absolute Gasteiger partial charge is 0.319 e.